The largest absolute Gasteiger partial charge is 0.379 e. The van der Waals surface area contributed by atoms with Crippen molar-refractivity contribution >= 4 is 35.4 Å². The van der Waals surface area contributed by atoms with Crippen LogP contribution in [0.15, 0.2) is 0 Å². The van der Waals surface area contributed by atoms with E-state index in [-0.39, 0.29) is 87.6 Å². The molecular weight excluding hydrogens is 1250 g/mol. The molecule has 6 amide bonds. The lowest BCUT2D eigenvalue weighted by molar-refractivity contribution is -0.124. The maximum absolute atomic E-state index is 12.1. The molecule has 25 nitrogen and oxygen atoms in total. The monoisotopic (exact) mass is 1390 g/mol. The summed E-state index contributed by atoms with van der Waals surface area (Å²) in [6.07, 6.45) is 35.4. The van der Waals surface area contributed by atoms with Crippen molar-refractivity contribution in [1.29, 1.82) is 0 Å². The summed E-state index contributed by atoms with van der Waals surface area (Å²) in [4.78, 5) is 72.4. The third kappa shape index (κ3) is 81.2. The zero-order chi connectivity index (χ0) is 70.2. The summed E-state index contributed by atoms with van der Waals surface area (Å²) in [5.74, 6) is -0.429. The minimum Gasteiger partial charge on any atom is -0.379 e. The second-order valence-corrected chi connectivity index (χ2v) is 24.2. The Bertz CT molecular complexity index is 1600. The molecule has 0 atom stereocenters. The predicted octanol–water partition coefficient (Wildman–Crippen LogP) is 8.00. The molecule has 0 fully saturated rings. The quantitative estimate of drug-likeness (QED) is 0.0284. The average Bonchev–Trinajstić information content (AvgIpc) is 3.63. The third-order valence-electron chi connectivity index (χ3n) is 15.4. The zero-order valence-corrected chi connectivity index (χ0v) is 61.1. The Morgan fingerprint density at radius 1 is 0.175 bits per heavy atom. The maximum atomic E-state index is 12.1. The molecule has 0 bridgehead atoms. The molecule has 0 aliphatic heterocycles. The normalized spacial score (nSPS) is 11.3. The van der Waals surface area contributed by atoms with E-state index in [1.807, 2.05) is 0 Å². The first-order valence-corrected chi connectivity index (χ1v) is 38.0. The van der Waals surface area contributed by atoms with Crippen LogP contribution < -0.4 is 37.2 Å². The zero-order valence-electron chi connectivity index (χ0n) is 61.1. The van der Waals surface area contributed by atoms with Crippen molar-refractivity contribution in [2.24, 2.45) is 0 Å². The molecule has 572 valence electrons. The van der Waals surface area contributed by atoms with Gasteiger partial charge in [-0.05, 0) is 12.8 Å². The summed E-state index contributed by atoms with van der Waals surface area (Å²) >= 11 is 0. The van der Waals surface area contributed by atoms with Crippen LogP contribution in [0.5, 0.6) is 0 Å². The van der Waals surface area contributed by atoms with Crippen LogP contribution in [0.1, 0.15) is 219 Å². The van der Waals surface area contributed by atoms with Gasteiger partial charge in [-0.15, -0.1) is 0 Å². The van der Waals surface area contributed by atoms with Crippen molar-refractivity contribution in [3.8, 4) is 0 Å². The van der Waals surface area contributed by atoms with E-state index < -0.39 is 0 Å². The summed E-state index contributed by atoms with van der Waals surface area (Å²) in [6.45, 7) is 17.7. The Hall–Kier alpha value is -3.70. The Labute approximate surface area is 586 Å². The fourth-order valence-electron chi connectivity index (χ4n) is 9.72. The summed E-state index contributed by atoms with van der Waals surface area (Å²) < 4.78 is 66.2. The molecule has 97 heavy (non-hydrogen) atoms. The van der Waals surface area contributed by atoms with Crippen LogP contribution in [0.2, 0.25) is 0 Å². The highest BCUT2D eigenvalue weighted by Gasteiger charge is 2.08. The van der Waals surface area contributed by atoms with Crippen molar-refractivity contribution in [2.45, 2.75) is 219 Å². The third-order valence-corrected chi connectivity index (χ3v) is 15.4. The van der Waals surface area contributed by atoms with Crippen molar-refractivity contribution in [1.82, 2.24) is 37.2 Å². The molecule has 7 N–H and O–H groups in total. The van der Waals surface area contributed by atoms with Crippen molar-refractivity contribution in [3.63, 3.8) is 0 Å². The smallest absolute Gasteiger partial charge is 0.222 e. The SMILES string of the molecule is CCCCCCCCCCCCCCCC(=O)NCCOCCNC(=O)CCOCCNC(=O)CCOCCOCCOCCOCCNCCOCCOCCOCCOCCC(=O)NCCOCCC(=O)NCCOCCNC(=O)CCCCCCCCCCCCCCC. The molecule has 0 spiro atoms. The van der Waals surface area contributed by atoms with E-state index in [0.29, 0.717) is 197 Å². The summed E-state index contributed by atoms with van der Waals surface area (Å²) in [5, 5.41) is 20.2. The van der Waals surface area contributed by atoms with Gasteiger partial charge in [-0.3, -0.25) is 28.8 Å². The molecule has 0 aromatic heterocycles. The lowest BCUT2D eigenvalue weighted by Gasteiger charge is -2.09. The van der Waals surface area contributed by atoms with E-state index in [1.54, 1.807) is 0 Å². The van der Waals surface area contributed by atoms with Crippen LogP contribution >= 0.6 is 0 Å². The predicted molar refractivity (Wildman–Crippen MR) is 380 cm³/mol. The Balaban J connectivity index is 3.31. The molecule has 0 saturated heterocycles. The van der Waals surface area contributed by atoms with Gasteiger partial charge in [0.05, 0.1) is 159 Å². The minimum atomic E-state index is -0.142. The number of amides is 6. The van der Waals surface area contributed by atoms with Crippen LogP contribution in [0, 0.1) is 0 Å². The van der Waals surface area contributed by atoms with Gasteiger partial charge in [0.15, 0.2) is 0 Å². The van der Waals surface area contributed by atoms with Gasteiger partial charge in [0, 0.05) is 90.9 Å². The second kappa shape index (κ2) is 81.3. The van der Waals surface area contributed by atoms with Gasteiger partial charge in [0.1, 0.15) is 0 Å². The van der Waals surface area contributed by atoms with E-state index in [4.69, 9.17) is 56.8 Å². The number of unbranched alkanes of at least 4 members (excludes halogenated alkanes) is 24. The van der Waals surface area contributed by atoms with Crippen molar-refractivity contribution in [3.05, 3.63) is 0 Å². The van der Waals surface area contributed by atoms with Gasteiger partial charge in [0.25, 0.3) is 0 Å². The van der Waals surface area contributed by atoms with Gasteiger partial charge in [-0.1, -0.05) is 168 Å². The number of carbonyl (C=O) groups is 6. The maximum Gasteiger partial charge on any atom is 0.222 e. The van der Waals surface area contributed by atoms with Gasteiger partial charge < -0.3 is 94.1 Å². The van der Waals surface area contributed by atoms with Gasteiger partial charge in [-0.2, -0.15) is 0 Å². The Morgan fingerprint density at radius 3 is 0.557 bits per heavy atom. The second-order valence-electron chi connectivity index (χ2n) is 24.2. The van der Waals surface area contributed by atoms with E-state index in [9.17, 15) is 28.8 Å². The Kier molecular flexibility index (Phi) is 78.2. The standard InChI is InChI=1S/C72H141N7O18/c1-3-5-7-9-11-13-15-17-19-21-23-25-27-29-67(80)74-39-51-90-53-41-78-69(82)31-43-86-49-37-76-71(84)33-45-88-55-59-94-63-65-96-61-57-92-47-35-73-36-48-93-58-62-97-66-64-95-60-56-89-46-34-72(85)77-38-50-87-44-32-70(83)79-42-54-91-52-40-75-68(81)30-28-26-24-22-20-18-16-14-12-10-8-6-4-2/h73H,3-66H2,1-2H3,(H,74,80)(H,75,81)(H,76,84)(H,77,85)(H,78,82)(H,79,83). The molecule has 25 heteroatoms. The fourth-order valence-corrected chi connectivity index (χ4v) is 9.72. The number of hydrogen-bond donors (Lipinski definition) is 7. The highest BCUT2D eigenvalue weighted by Crippen LogP contribution is 2.15. The van der Waals surface area contributed by atoms with Crippen LogP contribution in [0.25, 0.3) is 0 Å². The van der Waals surface area contributed by atoms with Gasteiger partial charge in [-0.25, -0.2) is 0 Å². The average molecular weight is 1390 g/mol. The van der Waals surface area contributed by atoms with E-state index in [0.717, 1.165) is 25.7 Å². The molecule has 0 saturated carbocycles. The molecule has 0 heterocycles. The van der Waals surface area contributed by atoms with Crippen molar-refractivity contribution in [2.75, 3.05) is 211 Å². The van der Waals surface area contributed by atoms with Gasteiger partial charge >= 0.3 is 0 Å². The summed E-state index contributed by atoms with van der Waals surface area (Å²) in [6, 6.07) is 0. The molecular formula is C72H141N7O18. The van der Waals surface area contributed by atoms with Crippen molar-refractivity contribution < 1.29 is 85.6 Å². The first-order valence-electron chi connectivity index (χ1n) is 38.0. The van der Waals surface area contributed by atoms with Crippen LogP contribution in [-0.2, 0) is 85.6 Å². The van der Waals surface area contributed by atoms with Crippen LogP contribution in [0.4, 0.5) is 0 Å². The highest BCUT2D eigenvalue weighted by molar-refractivity contribution is 5.77. The fraction of sp³-hybridized carbons (Fsp3) is 0.917. The topological polar surface area (TPSA) is 297 Å². The number of rotatable bonds is 82. The van der Waals surface area contributed by atoms with Crippen LogP contribution in [0.3, 0.4) is 0 Å². The molecule has 0 radical (unpaired) electrons. The highest BCUT2D eigenvalue weighted by atomic mass is 16.6. The molecule has 0 aromatic carbocycles. The lowest BCUT2D eigenvalue weighted by atomic mass is 10.0. The molecule has 0 aromatic rings. The number of nitrogens with one attached hydrogen (secondary N) is 7. The van der Waals surface area contributed by atoms with E-state index in [1.165, 1.54) is 141 Å². The first kappa shape index (κ1) is 93.3. The van der Waals surface area contributed by atoms with Gasteiger partial charge in [0.2, 0.25) is 35.4 Å². The van der Waals surface area contributed by atoms with Crippen LogP contribution in [-0.4, -0.2) is 246 Å². The molecule has 0 aliphatic rings. The molecule has 0 unspecified atom stereocenters. The number of hydrogen-bond acceptors (Lipinski definition) is 19. The van der Waals surface area contributed by atoms with E-state index in [2.05, 4.69) is 51.1 Å². The molecule has 0 rings (SSSR count). The minimum absolute atomic E-state index is 0.0653. The summed E-state index contributed by atoms with van der Waals surface area (Å²) in [7, 11) is 0. The Morgan fingerprint density at radius 2 is 0.330 bits per heavy atom. The number of ether oxygens (including phenoxy) is 12. The lowest BCUT2D eigenvalue weighted by Crippen LogP contribution is -2.31. The summed E-state index contributed by atoms with van der Waals surface area (Å²) in [5.41, 5.74) is 0. The molecule has 0 aliphatic carbocycles. The number of carbonyl (C=O) groups excluding carboxylic acids is 6. The van der Waals surface area contributed by atoms with E-state index >= 15 is 0 Å². The first-order chi connectivity index (χ1) is 47.8.